The molecule has 4 heteroatoms. The molecule has 0 spiro atoms. The molecule has 1 unspecified atom stereocenters. The highest BCUT2D eigenvalue weighted by molar-refractivity contribution is 5.73. The van der Waals surface area contributed by atoms with Crippen molar-refractivity contribution >= 4 is 5.69 Å². The van der Waals surface area contributed by atoms with E-state index >= 15 is 0 Å². The van der Waals surface area contributed by atoms with Crippen LogP contribution in [0.25, 0.3) is 11.1 Å². The summed E-state index contributed by atoms with van der Waals surface area (Å²) < 4.78 is 0. The zero-order valence-corrected chi connectivity index (χ0v) is 13.9. The number of phenols is 1. The van der Waals surface area contributed by atoms with Gasteiger partial charge in [0, 0.05) is 55.4 Å². The standard InChI is InChI=1S/C19H25N3O/c1-14(2)11-16-13-22(10-9-21-16)17-3-4-18(19(23)12-17)15-5-7-20-8-6-15/h3-8,12,14,16,21,23H,9-11,13H2,1-2H3. The van der Waals surface area contributed by atoms with Crippen molar-refractivity contribution in [3.8, 4) is 16.9 Å². The zero-order chi connectivity index (χ0) is 16.2. The second kappa shape index (κ2) is 7.01. The van der Waals surface area contributed by atoms with Gasteiger partial charge in [-0.05, 0) is 42.2 Å². The molecule has 0 bridgehead atoms. The largest absolute Gasteiger partial charge is 0.507 e. The predicted octanol–water partition coefficient (Wildman–Crippen LogP) is 3.28. The lowest BCUT2D eigenvalue weighted by Crippen LogP contribution is -2.51. The third-order valence-electron chi connectivity index (χ3n) is 4.35. The van der Waals surface area contributed by atoms with Crippen LogP contribution in [-0.2, 0) is 0 Å². The fourth-order valence-electron chi connectivity index (χ4n) is 3.28. The number of rotatable bonds is 4. The van der Waals surface area contributed by atoms with Gasteiger partial charge < -0.3 is 15.3 Å². The number of hydrogen-bond donors (Lipinski definition) is 2. The molecule has 0 aliphatic carbocycles. The number of aromatic hydroxyl groups is 1. The first kappa shape index (κ1) is 15.8. The Morgan fingerprint density at radius 1 is 1.26 bits per heavy atom. The Hall–Kier alpha value is -2.07. The minimum Gasteiger partial charge on any atom is -0.507 e. The molecule has 1 aromatic carbocycles. The zero-order valence-electron chi connectivity index (χ0n) is 13.9. The first-order valence-corrected chi connectivity index (χ1v) is 8.35. The van der Waals surface area contributed by atoms with E-state index in [1.165, 1.54) is 6.42 Å². The fourth-order valence-corrected chi connectivity index (χ4v) is 3.28. The summed E-state index contributed by atoms with van der Waals surface area (Å²) in [4.78, 5) is 6.39. The molecule has 0 amide bonds. The average molecular weight is 311 g/mol. The van der Waals surface area contributed by atoms with E-state index in [1.807, 2.05) is 24.3 Å². The number of aromatic nitrogens is 1. The van der Waals surface area contributed by atoms with E-state index in [-0.39, 0.29) is 0 Å². The number of pyridine rings is 1. The minimum absolute atomic E-state index is 0.327. The van der Waals surface area contributed by atoms with Crippen molar-refractivity contribution in [2.24, 2.45) is 5.92 Å². The molecule has 4 nitrogen and oxygen atoms in total. The van der Waals surface area contributed by atoms with Crippen molar-refractivity contribution < 1.29 is 5.11 Å². The third kappa shape index (κ3) is 3.82. The van der Waals surface area contributed by atoms with Gasteiger partial charge in [-0.25, -0.2) is 0 Å². The lowest BCUT2D eigenvalue weighted by atomic mass is 10.0. The number of nitrogens with zero attached hydrogens (tertiary/aromatic N) is 2. The number of phenolic OH excluding ortho intramolecular Hbond substituents is 1. The summed E-state index contributed by atoms with van der Waals surface area (Å²) in [6.07, 6.45) is 4.67. The normalized spacial score (nSPS) is 18.4. The van der Waals surface area contributed by atoms with Gasteiger partial charge in [0.1, 0.15) is 5.75 Å². The molecule has 2 N–H and O–H groups in total. The van der Waals surface area contributed by atoms with Crippen LogP contribution in [0.2, 0.25) is 0 Å². The Bertz CT molecular complexity index is 642. The number of anilines is 1. The van der Waals surface area contributed by atoms with E-state index in [0.717, 1.165) is 36.4 Å². The summed E-state index contributed by atoms with van der Waals surface area (Å²) in [5, 5.41) is 14.0. The van der Waals surface area contributed by atoms with Crippen molar-refractivity contribution in [3.63, 3.8) is 0 Å². The summed E-state index contributed by atoms with van der Waals surface area (Å²) in [5.41, 5.74) is 2.93. The molecule has 1 aromatic heterocycles. The van der Waals surface area contributed by atoms with Crippen LogP contribution < -0.4 is 10.2 Å². The molecule has 0 saturated carbocycles. The van der Waals surface area contributed by atoms with Crippen LogP contribution in [0.15, 0.2) is 42.7 Å². The van der Waals surface area contributed by atoms with Gasteiger partial charge in [0.05, 0.1) is 0 Å². The van der Waals surface area contributed by atoms with Crippen LogP contribution in [0.3, 0.4) is 0 Å². The highest BCUT2D eigenvalue weighted by Crippen LogP contribution is 2.32. The van der Waals surface area contributed by atoms with Gasteiger partial charge in [-0.2, -0.15) is 0 Å². The lowest BCUT2D eigenvalue weighted by molar-refractivity contribution is 0.388. The molecule has 1 saturated heterocycles. The molecule has 1 aliphatic rings. The first-order valence-electron chi connectivity index (χ1n) is 8.35. The maximum Gasteiger partial charge on any atom is 0.125 e. The summed E-state index contributed by atoms with van der Waals surface area (Å²) >= 11 is 0. The van der Waals surface area contributed by atoms with Gasteiger partial charge in [-0.15, -0.1) is 0 Å². The predicted molar refractivity (Wildman–Crippen MR) is 94.8 cm³/mol. The van der Waals surface area contributed by atoms with Crippen molar-refractivity contribution in [2.75, 3.05) is 24.5 Å². The fraction of sp³-hybridized carbons (Fsp3) is 0.421. The Morgan fingerprint density at radius 2 is 2.04 bits per heavy atom. The van der Waals surface area contributed by atoms with Crippen molar-refractivity contribution in [1.29, 1.82) is 0 Å². The van der Waals surface area contributed by atoms with E-state index in [9.17, 15) is 5.11 Å². The molecule has 1 fully saturated rings. The van der Waals surface area contributed by atoms with Gasteiger partial charge in [-0.3, -0.25) is 4.98 Å². The molecule has 0 radical (unpaired) electrons. The van der Waals surface area contributed by atoms with Crippen LogP contribution in [0.5, 0.6) is 5.75 Å². The molecule has 122 valence electrons. The number of piperazine rings is 1. The molecular weight excluding hydrogens is 286 g/mol. The minimum atomic E-state index is 0.327. The first-order chi connectivity index (χ1) is 11.1. The van der Waals surface area contributed by atoms with Gasteiger partial charge in [0.25, 0.3) is 0 Å². The van der Waals surface area contributed by atoms with Crippen LogP contribution in [0.4, 0.5) is 5.69 Å². The van der Waals surface area contributed by atoms with Gasteiger partial charge >= 0.3 is 0 Å². The molecule has 3 rings (SSSR count). The average Bonchev–Trinajstić information content (AvgIpc) is 2.55. The second-order valence-electron chi connectivity index (χ2n) is 6.66. The van der Waals surface area contributed by atoms with Crippen molar-refractivity contribution in [1.82, 2.24) is 10.3 Å². The van der Waals surface area contributed by atoms with Gasteiger partial charge in [0.2, 0.25) is 0 Å². The molecule has 2 aromatic rings. The second-order valence-corrected chi connectivity index (χ2v) is 6.66. The van der Waals surface area contributed by atoms with Gasteiger partial charge in [0.15, 0.2) is 0 Å². The lowest BCUT2D eigenvalue weighted by Gasteiger charge is -2.36. The Labute approximate surface area is 138 Å². The number of hydrogen-bond acceptors (Lipinski definition) is 4. The molecule has 1 aliphatic heterocycles. The molecule has 1 atom stereocenters. The maximum absolute atomic E-state index is 10.4. The van der Waals surface area contributed by atoms with E-state index in [2.05, 4.69) is 35.1 Å². The molecule has 23 heavy (non-hydrogen) atoms. The van der Waals surface area contributed by atoms with Crippen molar-refractivity contribution in [3.05, 3.63) is 42.7 Å². The monoisotopic (exact) mass is 311 g/mol. The summed E-state index contributed by atoms with van der Waals surface area (Å²) in [6, 6.07) is 10.3. The van der Waals surface area contributed by atoms with Crippen LogP contribution in [-0.4, -0.2) is 35.8 Å². The molecular formula is C19H25N3O. The van der Waals surface area contributed by atoms with E-state index < -0.39 is 0 Å². The highest BCUT2D eigenvalue weighted by atomic mass is 16.3. The summed E-state index contributed by atoms with van der Waals surface area (Å²) in [7, 11) is 0. The van der Waals surface area contributed by atoms with E-state index in [0.29, 0.717) is 17.7 Å². The quantitative estimate of drug-likeness (QED) is 0.910. The Kier molecular flexibility index (Phi) is 4.82. The summed E-state index contributed by atoms with van der Waals surface area (Å²) in [5.74, 6) is 1.02. The van der Waals surface area contributed by atoms with Gasteiger partial charge in [-0.1, -0.05) is 13.8 Å². The summed E-state index contributed by atoms with van der Waals surface area (Å²) in [6.45, 7) is 7.48. The van der Waals surface area contributed by atoms with E-state index in [1.54, 1.807) is 12.4 Å². The Morgan fingerprint density at radius 3 is 2.74 bits per heavy atom. The maximum atomic E-state index is 10.4. The van der Waals surface area contributed by atoms with Crippen molar-refractivity contribution in [2.45, 2.75) is 26.3 Å². The number of benzene rings is 1. The Balaban J connectivity index is 1.77. The topological polar surface area (TPSA) is 48.4 Å². The van der Waals surface area contributed by atoms with E-state index in [4.69, 9.17) is 0 Å². The van der Waals surface area contributed by atoms with Crippen LogP contribution in [0, 0.1) is 5.92 Å². The van der Waals surface area contributed by atoms with Crippen LogP contribution >= 0.6 is 0 Å². The smallest absolute Gasteiger partial charge is 0.125 e. The highest BCUT2D eigenvalue weighted by Gasteiger charge is 2.21. The number of nitrogens with one attached hydrogen (secondary N) is 1. The molecule has 2 heterocycles. The SMILES string of the molecule is CC(C)CC1CN(c2ccc(-c3ccncc3)c(O)c2)CCN1. The third-order valence-corrected chi connectivity index (χ3v) is 4.35. The van der Waals surface area contributed by atoms with Crippen LogP contribution in [0.1, 0.15) is 20.3 Å².